The molecule has 0 saturated carbocycles. The van der Waals surface area contributed by atoms with Crippen LogP contribution in [0.25, 0.3) is 0 Å². The third-order valence-electron chi connectivity index (χ3n) is 4.98. The first-order valence-electron chi connectivity index (χ1n) is 9.38. The van der Waals surface area contributed by atoms with Crippen molar-refractivity contribution in [2.24, 2.45) is 10.8 Å². The van der Waals surface area contributed by atoms with E-state index in [1.165, 1.54) is 16.7 Å². The second-order valence-electron chi connectivity index (χ2n) is 8.92. The van der Waals surface area contributed by atoms with Gasteiger partial charge in [0.2, 0.25) is 0 Å². The van der Waals surface area contributed by atoms with E-state index >= 15 is 0 Å². The van der Waals surface area contributed by atoms with Crippen molar-refractivity contribution in [1.29, 1.82) is 0 Å². The predicted octanol–water partition coefficient (Wildman–Crippen LogP) is 6.38. The van der Waals surface area contributed by atoms with Gasteiger partial charge in [-0.1, -0.05) is 89.2 Å². The van der Waals surface area contributed by atoms with Crippen molar-refractivity contribution < 1.29 is 9.47 Å². The Morgan fingerprint density at radius 3 is 1.85 bits per heavy atom. The van der Waals surface area contributed by atoms with Crippen LogP contribution in [-0.2, 0) is 15.9 Å². The maximum absolute atomic E-state index is 5.90. The minimum absolute atomic E-state index is 0.0287. The molecule has 0 aliphatic heterocycles. The predicted molar refractivity (Wildman–Crippen MR) is 109 cm³/mol. The Kier molecular flexibility index (Phi) is 6.65. The molecule has 2 aromatic rings. The summed E-state index contributed by atoms with van der Waals surface area (Å²) in [6.07, 6.45) is 1.07. The lowest BCUT2D eigenvalue weighted by molar-refractivity contribution is 0.00474. The van der Waals surface area contributed by atoms with E-state index in [1.807, 2.05) is 6.07 Å². The Balaban J connectivity index is 2.28. The molecule has 0 N–H and O–H groups in total. The summed E-state index contributed by atoms with van der Waals surface area (Å²) in [4.78, 5) is 0. The van der Waals surface area contributed by atoms with Gasteiger partial charge in [0.15, 0.2) is 0 Å². The third-order valence-corrected chi connectivity index (χ3v) is 4.98. The van der Waals surface area contributed by atoms with Crippen molar-refractivity contribution in [3.63, 3.8) is 0 Å². The summed E-state index contributed by atoms with van der Waals surface area (Å²) in [6, 6.07) is 19.3. The molecule has 0 radical (unpaired) electrons. The zero-order chi connectivity index (χ0) is 19.4. The fourth-order valence-electron chi connectivity index (χ4n) is 4.01. The Hall–Kier alpha value is -1.64. The van der Waals surface area contributed by atoms with E-state index in [4.69, 9.17) is 9.47 Å². The summed E-state index contributed by atoms with van der Waals surface area (Å²) in [6.45, 7) is 11.2. The molecule has 0 aliphatic rings. The molecule has 0 aromatic heterocycles. The quantitative estimate of drug-likeness (QED) is 0.574. The summed E-state index contributed by atoms with van der Waals surface area (Å²) in [5.74, 6) is 0. The Labute approximate surface area is 159 Å². The minimum atomic E-state index is -0.0287. The lowest BCUT2D eigenvalue weighted by atomic mass is 9.76. The first-order valence-corrected chi connectivity index (χ1v) is 9.38. The largest absolute Gasteiger partial charge is 0.376 e. The second kappa shape index (κ2) is 8.37. The molecular formula is C24H34O2. The smallest absolute Gasteiger partial charge is 0.0875 e. The molecule has 0 saturated heterocycles. The molecule has 0 fully saturated rings. The summed E-state index contributed by atoms with van der Waals surface area (Å²) in [5, 5.41) is 0. The lowest BCUT2D eigenvalue weighted by Crippen LogP contribution is -2.26. The van der Waals surface area contributed by atoms with Gasteiger partial charge in [-0.3, -0.25) is 0 Å². The van der Waals surface area contributed by atoms with E-state index in [1.54, 1.807) is 14.2 Å². The number of methoxy groups -OCH3 is 2. The number of ether oxygens (including phenoxy) is 2. The van der Waals surface area contributed by atoms with E-state index in [9.17, 15) is 0 Å². The van der Waals surface area contributed by atoms with Gasteiger partial charge >= 0.3 is 0 Å². The monoisotopic (exact) mass is 354 g/mol. The molecule has 2 heteroatoms. The molecule has 2 nitrogen and oxygen atoms in total. The topological polar surface area (TPSA) is 18.5 Å². The highest BCUT2D eigenvalue weighted by Gasteiger charge is 2.32. The summed E-state index contributed by atoms with van der Waals surface area (Å²) >= 11 is 0. The molecule has 2 rings (SSSR count). The number of benzene rings is 2. The molecule has 26 heavy (non-hydrogen) atoms. The molecule has 0 unspecified atom stereocenters. The van der Waals surface area contributed by atoms with E-state index in [2.05, 4.69) is 83.1 Å². The van der Waals surface area contributed by atoms with Crippen LogP contribution in [0.4, 0.5) is 0 Å². The number of rotatable bonds is 7. The van der Waals surface area contributed by atoms with Crippen molar-refractivity contribution in [3.05, 3.63) is 71.3 Å². The van der Waals surface area contributed by atoms with Crippen LogP contribution < -0.4 is 0 Å². The van der Waals surface area contributed by atoms with Crippen LogP contribution in [-0.4, -0.2) is 14.2 Å². The van der Waals surface area contributed by atoms with Gasteiger partial charge in [-0.15, -0.1) is 0 Å². The molecule has 2 atom stereocenters. The van der Waals surface area contributed by atoms with Crippen LogP contribution in [0, 0.1) is 10.8 Å². The van der Waals surface area contributed by atoms with Crippen LogP contribution in [0.1, 0.15) is 63.5 Å². The van der Waals surface area contributed by atoms with Gasteiger partial charge in [-0.05, 0) is 33.9 Å². The zero-order valence-corrected chi connectivity index (χ0v) is 17.4. The van der Waals surface area contributed by atoms with Crippen molar-refractivity contribution in [2.45, 2.75) is 53.2 Å². The van der Waals surface area contributed by atoms with Crippen LogP contribution in [0.3, 0.4) is 0 Å². The minimum Gasteiger partial charge on any atom is -0.376 e. The van der Waals surface area contributed by atoms with Crippen molar-refractivity contribution in [1.82, 2.24) is 0 Å². The van der Waals surface area contributed by atoms with Gasteiger partial charge in [0.1, 0.15) is 0 Å². The molecule has 142 valence electrons. The van der Waals surface area contributed by atoms with Gasteiger partial charge in [0, 0.05) is 14.2 Å². The molecule has 0 spiro atoms. The Bertz CT molecular complexity index is 683. The molecule has 0 bridgehead atoms. The Morgan fingerprint density at radius 1 is 0.731 bits per heavy atom. The van der Waals surface area contributed by atoms with Crippen LogP contribution in [0.5, 0.6) is 0 Å². The number of hydrogen-bond donors (Lipinski definition) is 0. The van der Waals surface area contributed by atoms with Crippen LogP contribution in [0.2, 0.25) is 0 Å². The summed E-state index contributed by atoms with van der Waals surface area (Å²) in [5.41, 5.74) is 3.81. The molecule has 0 aliphatic carbocycles. The highest BCUT2D eigenvalue weighted by Crippen LogP contribution is 2.40. The average molecular weight is 355 g/mol. The van der Waals surface area contributed by atoms with Crippen LogP contribution >= 0.6 is 0 Å². The first-order chi connectivity index (χ1) is 12.2. The highest BCUT2D eigenvalue weighted by molar-refractivity contribution is 5.28. The fourth-order valence-corrected chi connectivity index (χ4v) is 4.01. The van der Waals surface area contributed by atoms with Gasteiger partial charge < -0.3 is 9.47 Å². The van der Waals surface area contributed by atoms with Crippen molar-refractivity contribution in [2.75, 3.05) is 14.2 Å². The van der Waals surface area contributed by atoms with Gasteiger partial charge in [-0.2, -0.15) is 0 Å². The summed E-state index contributed by atoms with van der Waals surface area (Å²) < 4.78 is 11.7. The first kappa shape index (κ1) is 20.7. The SMILES string of the molecule is CO[C@H](c1ccccc1)C(C)(C)Cc1cccc([C@H](OC)C(C)(C)C)c1. The Morgan fingerprint density at radius 2 is 1.31 bits per heavy atom. The van der Waals surface area contributed by atoms with Gasteiger partial charge in [0.05, 0.1) is 12.2 Å². The van der Waals surface area contributed by atoms with E-state index in [-0.39, 0.29) is 23.0 Å². The maximum Gasteiger partial charge on any atom is 0.0875 e. The zero-order valence-electron chi connectivity index (χ0n) is 17.4. The molecular weight excluding hydrogens is 320 g/mol. The van der Waals surface area contributed by atoms with E-state index < -0.39 is 0 Å². The normalized spacial score (nSPS) is 14.9. The summed E-state index contributed by atoms with van der Waals surface area (Å²) in [7, 11) is 3.60. The molecule has 0 amide bonds. The van der Waals surface area contributed by atoms with Gasteiger partial charge in [0.25, 0.3) is 0 Å². The molecule has 2 aromatic carbocycles. The maximum atomic E-state index is 5.90. The number of hydrogen-bond acceptors (Lipinski definition) is 2. The van der Waals surface area contributed by atoms with Gasteiger partial charge in [-0.25, -0.2) is 0 Å². The fraction of sp³-hybridized carbons (Fsp3) is 0.500. The third kappa shape index (κ3) is 4.96. The molecule has 0 heterocycles. The second-order valence-corrected chi connectivity index (χ2v) is 8.92. The van der Waals surface area contributed by atoms with E-state index in [0.717, 1.165) is 6.42 Å². The lowest BCUT2D eigenvalue weighted by Gasteiger charge is -2.34. The average Bonchev–Trinajstić information content (AvgIpc) is 2.55. The highest BCUT2D eigenvalue weighted by atomic mass is 16.5. The van der Waals surface area contributed by atoms with Crippen molar-refractivity contribution in [3.8, 4) is 0 Å². The van der Waals surface area contributed by atoms with Crippen molar-refractivity contribution >= 4 is 0 Å². The van der Waals surface area contributed by atoms with E-state index in [0.29, 0.717) is 0 Å². The van der Waals surface area contributed by atoms with Crippen LogP contribution in [0.15, 0.2) is 54.6 Å². The standard InChI is InChI=1S/C24H34O2/c1-23(2,3)21(25-6)20-15-11-12-18(16-20)17-24(4,5)22(26-7)19-13-9-8-10-14-19/h8-16,21-22H,17H2,1-7H3/t21-,22+/m0/s1.